The number of aromatic hydroxyl groups is 1. The van der Waals surface area contributed by atoms with Gasteiger partial charge in [0.1, 0.15) is 0 Å². The summed E-state index contributed by atoms with van der Waals surface area (Å²) in [5.74, 6) is 0.293. The molecule has 0 atom stereocenters. The number of hydrogen-bond acceptors (Lipinski definition) is 2. The van der Waals surface area contributed by atoms with E-state index >= 15 is 0 Å². The summed E-state index contributed by atoms with van der Waals surface area (Å²) < 4.78 is 1.68. The smallest absolute Gasteiger partial charge is 0.213 e. The van der Waals surface area contributed by atoms with Crippen LogP contribution in [-0.4, -0.2) is 14.9 Å². The fraction of sp³-hybridized carbons (Fsp3) is 0.357. The van der Waals surface area contributed by atoms with Crippen LogP contribution < -0.4 is 0 Å². The van der Waals surface area contributed by atoms with Crippen molar-refractivity contribution in [1.82, 2.24) is 9.78 Å². The fourth-order valence-electron chi connectivity index (χ4n) is 1.97. The highest BCUT2D eigenvalue weighted by Gasteiger charge is 2.18. The Morgan fingerprint density at radius 1 is 1.24 bits per heavy atom. The Morgan fingerprint density at radius 2 is 1.88 bits per heavy atom. The molecule has 90 valence electrons. The highest BCUT2D eigenvalue weighted by atomic mass is 16.3. The van der Waals surface area contributed by atoms with Crippen molar-refractivity contribution in [2.24, 2.45) is 0 Å². The third-order valence-corrected chi connectivity index (χ3v) is 2.87. The van der Waals surface area contributed by atoms with Crippen LogP contribution in [0.5, 0.6) is 5.88 Å². The molecule has 0 aliphatic rings. The Balaban J connectivity index is 2.58. The van der Waals surface area contributed by atoms with E-state index in [0.717, 1.165) is 23.2 Å². The van der Waals surface area contributed by atoms with E-state index in [1.165, 1.54) is 0 Å². The number of hydrogen-bond donors (Lipinski definition) is 1. The zero-order valence-electron chi connectivity index (χ0n) is 10.5. The Kier molecular flexibility index (Phi) is 3.18. The highest BCUT2D eigenvalue weighted by Crippen LogP contribution is 2.31. The van der Waals surface area contributed by atoms with Gasteiger partial charge in [0, 0.05) is 11.1 Å². The number of rotatable bonds is 3. The summed E-state index contributed by atoms with van der Waals surface area (Å²) in [7, 11) is 0. The van der Waals surface area contributed by atoms with Crippen molar-refractivity contribution in [1.29, 1.82) is 0 Å². The molecule has 3 heteroatoms. The van der Waals surface area contributed by atoms with Gasteiger partial charge in [-0.05, 0) is 20.3 Å². The van der Waals surface area contributed by atoms with Gasteiger partial charge in [-0.2, -0.15) is 5.10 Å². The first kappa shape index (κ1) is 11.7. The van der Waals surface area contributed by atoms with Gasteiger partial charge in [0.05, 0.1) is 11.7 Å². The fourth-order valence-corrected chi connectivity index (χ4v) is 1.97. The van der Waals surface area contributed by atoms with E-state index < -0.39 is 0 Å². The summed E-state index contributed by atoms with van der Waals surface area (Å²) in [6.07, 6.45) is 0.781. The van der Waals surface area contributed by atoms with Crippen LogP contribution in [0.3, 0.4) is 0 Å². The minimum absolute atomic E-state index is 0.165. The molecule has 3 nitrogen and oxygen atoms in total. The van der Waals surface area contributed by atoms with Gasteiger partial charge < -0.3 is 5.11 Å². The van der Waals surface area contributed by atoms with Gasteiger partial charge in [-0.15, -0.1) is 0 Å². The zero-order valence-corrected chi connectivity index (χ0v) is 10.5. The van der Waals surface area contributed by atoms with Gasteiger partial charge in [0.15, 0.2) is 0 Å². The van der Waals surface area contributed by atoms with Crippen LogP contribution in [0.25, 0.3) is 11.3 Å². The molecule has 0 unspecified atom stereocenters. The number of aromatic nitrogens is 2. The molecule has 1 heterocycles. The molecule has 0 aliphatic heterocycles. The molecule has 17 heavy (non-hydrogen) atoms. The van der Waals surface area contributed by atoms with Gasteiger partial charge in [-0.3, -0.25) is 0 Å². The number of nitrogens with zero attached hydrogens (tertiary/aromatic N) is 2. The standard InChI is InChI=1S/C14H18N2O/c1-4-12-13(11-8-6-5-7-9-11)15-16(10(2)3)14(12)17/h5-10,17H,4H2,1-3H3. The zero-order chi connectivity index (χ0) is 12.4. The molecule has 0 saturated carbocycles. The monoisotopic (exact) mass is 230 g/mol. The first-order valence-corrected chi connectivity index (χ1v) is 6.01. The molecule has 2 aromatic rings. The van der Waals surface area contributed by atoms with E-state index in [1.54, 1.807) is 4.68 Å². The molecule has 1 aromatic carbocycles. The Labute approximate surface area is 102 Å². The van der Waals surface area contributed by atoms with Gasteiger partial charge in [-0.1, -0.05) is 37.3 Å². The summed E-state index contributed by atoms with van der Waals surface area (Å²) >= 11 is 0. The molecule has 2 rings (SSSR count). The third-order valence-electron chi connectivity index (χ3n) is 2.87. The topological polar surface area (TPSA) is 38.0 Å². The van der Waals surface area contributed by atoms with E-state index in [9.17, 15) is 5.11 Å². The van der Waals surface area contributed by atoms with Crippen molar-refractivity contribution in [3.05, 3.63) is 35.9 Å². The predicted molar refractivity (Wildman–Crippen MR) is 69.1 cm³/mol. The molecule has 0 saturated heterocycles. The van der Waals surface area contributed by atoms with Crippen molar-refractivity contribution in [2.45, 2.75) is 33.2 Å². The molecule has 0 amide bonds. The van der Waals surface area contributed by atoms with E-state index in [-0.39, 0.29) is 6.04 Å². The molecule has 0 fully saturated rings. The van der Waals surface area contributed by atoms with Gasteiger partial charge in [-0.25, -0.2) is 4.68 Å². The number of benzene rings is 1. The lowest BCUT2D eigenvalue weighted by molar-refractivity contribution is 0.374. The average Bonchev–Trinajstić information content (AvgIpc) is 2.67. The van der Waals surface area contributed by atoms with Gasteiger partial charge in [0.25, 0.3) is 0 Å². The molecule has 0 bridgehead atoms. The van der Waals surface area contributed by atoms with Gasteiger partial charge >= 0.3 is 0 Å². The van der Waals surface area contributed by atoms with E-state index in [2.05, 4.69) is 5.10 Å². The van der Waals surface area contributed by atoms with Crippen molar-refractivity contribution >= 4 is 0 Å². The highest BCUT2D eigenvalue weighted by molar-refractivity contribution is 5.65. The molecule has 1 aromatic heterocycles. The minimum Gasteiger partial charge on any atom is -0.493 e. The largest absolute Gasteiger partial charge is 0.493 e. The third kappa shape index (κ3) is 2.05. The molecule has 0 spiro atoms. The van der Waals surface area contributed by atoms with Crippen LogP contribution in [0, 0.1) is 0 Å². The Bertz CT molecular complexity index is 500. The second kappa shape index (κ2) is 4.62. The first-order chi connectivity index (χ1) is 8.15. The van der Waals surface area contributed by atoms with Crippen LogP contribution in [0.15, 0.2) is 30.3 Å². The summed E-state index contributed by atoms with van der Waals surface area (Å²) in [6, 6.07) is 10.2. The lowest BCUT2D eigenvalue weighted by Crippen LogP contribution is -2.01. The van der Waals surface area contributed by atoms with Crippen LogP contribution in [-0.2, 0) is 6.42 Å². The molecule has 0 aliphatic carbocycles. The SMILES string of the molecule is CCc1c(-c2ccccc2)nn(C(C)C)c1O. The van der Waals surface area contributed by atoms with Crippen molar-refractivity contribution < 1.29 is 5.11 Å². The predicted octanol–water partition coefficient (Wildman–Crippen LogP) is 3.40. The van der Waals surface area contributed by atoms with E-state index in [1.807, 2.05) is 51.1 Å². The van der Waals surface area contributed by atoms with Crippen LogP contribution >= 0.6 is 0 Å². The summed E-state index contributed by atoms with van der Waals surface area (Å²) in [5, 5.41) is 14.7. The average molecular weight is 230 g/mol. The maximum atomic E-state index is 10.1. The first-order valence-electron chi connectivity index (χ1n) is 6.01. The quantitative estimate of drug-likeness (QED) is 0.877. The van der Waals surface area contributed by atoms with Crippen LogP contribution in [0.1, 0.15) is 32.4 Å². The maximum Gasteiger partial charge on any atom is 0.213 e. The maximum absolute atomic E-state index is 10.1. The summed E-state index contributed by atoms with van der Waals surface area (Å²) in [6.45, 7) is 6.07. The summed E-state index contributed by atoms with van der Waals surface area (Å²) in [4.78, 5) is 0. The van der Waals surface area contributed by atoms with Crippen molar-refractivity contribution in [2.75, 3.05) is 0 Å². The van der Waals surface area contributed by atoms with Crippen LogP contribution in [0.2, 0.25) is 0 Å². The minimum atomic E-state index is 0.165. The lowest BCUT2D eigenvalue weighted by atomic mass is 10.1. The normalized spacial score (nSPS) is 11.1. The molecular formula is C14H18N2O. The van der Waals surface area contributed by atoms with Crippen molar-refractivity contribution in [3.8, 4) is 17.1 Å². The van der Waals surface area contributed by atoms with Gasteiger partial charge in [0.2, 0.25) is 5.88 Å². The lowest BCUT2D eigenvalue weighted by Gasteiger charge is -2.06. The second-order valence-corrected chi connectivity index (χ2v) is 4.41. The molecule has 0 radical (unpaired) electrons. The Morgan fingerprint density at radius 3 is 2.41 bits per heavy atom. The Hall–Kier alpha value is -1.77. The summed E-state index contributed by atoms with van der Waals surface area (Å²) in [5.41, 5.74) is 2.86. The molecule has 1 N–H and O–H groups in total. The van der Waals surface area contributed by atoms with Crippen molar-refractivity contribution in [3.63, 3.8) is 0 Å². The van der Waals surface area contributed by atoms with Crippen LogP contribution in [0.4, 0.5) is 0 Å². The second-order valence-electron chi connectivity index (χ2n) is 4.41. The van der Waals surface area contributed by atoms with E-state index in [0.29, 0.717) is 5.88 Å². The van der Waals surface area contributed by atoms with E-state index in [4.69, 9.17) is 0 Å². The molecular weight excluding hydrogens is 212 g/mol.